The van der Waals surface area contributed by atoms with E-state index < -0.39 is 17.3 Å². The number of hydrogen-bond acceptors (Lipinski definition) is 6. The fourth-order valence-corrected chi connectivity index (χ4v) is 5.93. The Morgan fingerprint density at radius 2 is 1.68 bits per heavy atom. The first-order valence-electron chi connectivity index (χ1n) is 12.8. The zero-order valence-corrected chi connectivity index (χ0v) is 22.4. The number of likely N-dealkylation sites (tertiary alicyclic amines) is 1. The second-order valence-electron chi connectivity index (χ2n) is 10.1. The largest absolute Gasteiger partial charge is 0.441 e. The van der Waals surface area contributed by atoms with Gasteiger partial charge in [0.15, 0.2) is 0 Å². The molecule has 2 saturated heterocycles. The number of nitriles is 1. The Hall–Kier alpha value is -3.88. The molecule has 2 aromatic carbocycles. The van der Waals surface area contributed by atoms with Gasteiger partial charge in [-0.1, -0.05) is 24.3 Å². The SMILES string of the molecule is N#Cc1ccc(CNC(=O)c2ccc(CN3CC4(CCN(Cc5ccc(C(F)(F)F)cc5)CC4)OC3=O)s2)cc1. The topological polar surface area (TPSA) is 85.7 Å². The predicted molar refractivity (Wildman–Crippen MR) is 142 cm³/mol. The lowest BCUT2D eigenvalue weighted by molar-refractivity contribution is -0.137. The molecule has 0 aliphatic carbocycles. The van der Waals surface area contributed by atoms with Crippen LogP contribution < -0.4 is 5.32 Å². The van der Waals surface area contributed by atoms with Gasteiger partial charge in [-0.15, -0.1) is 11.3 Å². The van der Waals surface area contributed by atoms with Crippen LogP contribution in [-0.4, -0.2) is 47.0 Å². The molecule has 0 saturated carbocycles. The smallest absolute Gasteiger partial charge is 0.416 e. The number of carbonyl (C=O) groups excluding carboxylic acids is 2. The Bertz CT molecular complexity index is 1410. The van der Waals surface area contributed by atoms with Gasteiger partial charge in [-0.25, -0.2) is 4.79 Å². The highest BCUT2D eigenvalue weighted by atomic mass is 32.1. The van der Waals surface area contributed by atoms with E-state index in [-0.39, 0.29) is 12.0 Å². The molecule has 1 spiro atoms. The lowest BCUT2D eigenvalue weighted by Gasteiger charge is -2.37. The first kappa shape index (κ1) is 27.7. The molecule has 1 N–H and O–H groups in total. The number of rotatable bonds is 7. The number of nitrogens with one attached hydrogen (secondary N) is 1. The van der Waals surface area contributed by atoms with Crippen LogP contribution in [0, 0.1) is 11.3 Å². The van der Waals surface area contributed by atoms with E-state index in [4.69, 9.17) is 10.00 Å². The van der Waals surface area contributed by atoms with Crippen molar-refractivity contribution in [3.05, 3.63) is 92.7 Å². The van der Waals surface area contributed by atoms with E-state index in [1.54, 1.807) is 35.2 Å². The number of benzene rings is 2. The summed E-state index contributed by atoms with van der Waals surface area (Å²) in [6, 6.07) is 17.9. The van der Waals surface area contributed by atoms with Crippen LogP contribution in [0.3, 0.4) is 0 Å². The first-order chi connectivity index (χ1) is 19.1. The standard InChI is InChI=1S/C29H27F3N4O3S/c30-29(31,32)23-7-5-22(6-8-23)17-35-13-11-28(12-14-35)19-36(27(38)39-28)18-24-9-10-25(40-24)26(37)34-16-21-3-1-20(15-33)2-4-21/h1-10H,11-14,16-19H2,(H,34,37). The fourth-order valence-electron chi connectivity index (χ4n) is 4.99. The highest BCUT2D eigenvalue weighted by molar-refractivity contribution is 7.14. The van der Waals surface area contributed by atoms with Gasteiger partial charge in [0.1, 0.15) is 5.60 Å². The number of thiophene rings is 1. The van der Waals surface area contributed by atoms with Crippen molar-refractivity contribution in [2.45, 2.75) is 44.3 Å². The number of nitrogens with zero attached hydrogens (tertiary/aromatic N) is 3. The number of carbonyl (C=O) groups is 2. The van der Waals surface area contributed by atoms with Crippen LogP contribution in [0.25, 0.3) is 0 Å². The molecule has 2 amide bonds. The highest BCUT2D eigenvalue weighted by Gasteiger charge is 2.47. The summed E-state index contributed by atoms with van der Waals surface area (Å²) >= 11 is 1.33. The number of piperidine rings is 1. The lowest BCUT2D eigenvalue weighted by atomic mass is 9.91. The lowest BCUT2D eigenvalue weighted by Crippen LogP contribution is -2.46. The molecule has 40 heavy (non-hydrogen) atoms. The minimum Gasteiger partial charge on any atom is -0.441 e. The Labute approximate surface area is 233 Å². The van der Waals surface area contributed by atoms with Crippen molar-refractivity contribution in [2.24, 2.45) is 0 Å². The molecule has 2 aliphatic heterocycles. The summed E-state index contributed by atoms with van der Waals surface area (Å²) in [5.41, 5.74) is 1.02. The number of halogens is 3. The minimum atomic E-state index is -4.35. The summed E-state index contributed by atoms with van der Waals surface area (Å²) in [4.78, 5) is 30.5. The molecule has 1 aromatic heterocycles. The zero-order chi connectivity index (χ0) is 28.3. The molecular formula is C29H27F3N4O3S. The highest BCUT2D eigenvalue weighted by Crippen LogP contribution is 2.35. The van der Waals surface area contributed by atoms with E-state index >= 15 is 0 Å². The molecule has 3 heterocycles. The molecular weight excluding hydrogens is 541 g/mol. The predicted octanol–water partition coefficient (Wildman–Crippen LogP) is 5.56. The van der Waals surface area contributed by atoms with Gasteiger partial charge in [-0.3, -0.25) is 14.6 Å². The Kier molecular flexibility index (Phi) is 7.83. The second kappa shape index (κ2) is 11.3. The van der Waals surface area contributed by atoms with Gasteiger partial charge in [0, 0.05) is 43.9 Å². The third-order valence-electron chi connectivity index (χ3n) is 7.26. The quantitative estimate of drug-likeness (QED) is 0.404. The van der Waals surface area contributed by atoms with Crippen LogP contribution in [-0.2, 0) is 30.5 Å². The molecule has 3 aromatic rings. The number of hydrogen-bond donors (Lipinski definition) is 1. The maximum atomic E-state index is 12.8. The molecule has 2 aliphatic rings. The molecule has 5 rings (SSSR count). The van der Waals surface area contributed by atoms with Gasteiger partial charge >= 0.3 is 12.3 Å². The van der Waals surface area contributed by atoms with Crippen molar-refractivity contribution in [1.82, 2.24) is 15.1 Å². The molecule has 0 atom stereocenters. The molecule has 208 valence electrons. The molecule has 0 radical (unpaired) electrons. The normalized spacial score (nSPS) is 17.1. The second-order valence-corrected chi connectivity index (χ2v) is 11.3. The third-order valence-corrected chi connectivity index (χ3v) is 8.33. The van der Waals surface area contributed by atoms with Gasteiger partial charge in [-0.2, -0.15) is 18.4 Å². The van der Waals surface area contributed by atoms with Gasteiger partial charge in [0.25, 0.3) is 5.91 Å². The van der Waals surface area contributed by atoms with Crippen LogP contribution in [0.4, 0.5) is 18.0 Å². The summed E-state index contributed by atoms with van der Waals surface area (Å²) in [6.45, 7) is 3.03. The van der Waals surface area contributed by atoms with E-state index in [2.05, 4.69) is 16.3 Å². The molecule has 7 nitrogen and oxygen atoms in total. The Morgan fingerprint density at radius 1 is 1.00 bits per heavy atom. The summed E-state index contributed by atoms with van der Waals surface area (Å²) < 4.78 is 44.3. The van der Waals surface area contributed by atoms with Crippen LogP contribution in [0.15, 0.2) is 60.7 Å². The van der Waals surface area contributed by atoms with E-state index in [0.717, 1.165) is 28.1 Å². The molecule has 11 heteroatoms. The number of alkyl halides is 3. The van der Waals surface area contributed by atoms with Crippen molar-refractivity contribution >= 4 is 23.3 Å². The minimum absolute atomic E-state index is 0.207. The van der Waals surface area contributed by atoms with Crippen molar-refractivity contribution in [2.75, 3.05) is 19.6 Å². The van der Waals surface area contributed by atoms with Crippen LogP contribution >= 0.6 is 11.3 Å². The van der Waals surface area contributed by atoms with E-state index in [1.165, 1.54) is 23.5 Å². The van der Waals surface area contributed by atoms with Crippen LogP contribution in [0.2, 0.25) is 0 Å². The van der Waals surface area contributed by atoms with Crippen molar-refractivity contribution in [3.8, 4) is 6.07 Å². The first-order valence-corrected chi connectivity index (χ1v) is 13.7. The monoisotopic (exact) mass is 568 g/mol. The molecule has 0 unspecified atom stereocenters. The average molecular weight is 569 g/mol. The van der Waals surface area contributed by atoms with Gasteiger partial charge in [-0.05, 0) is 47.5 Å². The Balaban J connectivity index is 1.10. The number of ether oxygens (including phenoxy) is 1. The molecule has 0 bridgehead atoms. The number of amides is 2. The van der Waals surface area contributed by atoms with Gasteiger partial charge in [0.2, 0.25) is 0 Å². The maximum Gasteiger partial charge on any atom is 0.416 e. The summed E-state index contributed by atoms with van der Waals surface area (Å²) in [5.74, 6) is -0.207. The third kappa shape index (κ3) is 6.46. The summed E-state index contributed by atoms with van der Waals surface area (Å²) in [5, 5.41) is 11.8. The van der Waals surface area contributed by atoms with Crippen molar-refractivity contribution < 1.29 is 27.5 Å². The Morgan fingerprint density at radius 3 is 2.33 bits per heavy atom. The molecule has 2 fully saturated rings. The maximum absolute atomic E-state index is 12.8. The van der Waals surface area contributed by atoms with Crippen molar-refractivity contribution in [1.29, 1.82) is 5.26 Å². The van der Waals surface area contributed by atoms with Gasteiger partial charge < -0.3 is 10.1 Å². The zero-order valence-electron chi connectivity index (χ0n) is 21.5. The van der Waals surface area contributed by atoms with Crippen molar-refractivity contribution in [3.63, 3.8) is 0 Å². The van der Waals surface area contributed by atoms with E-state index in [0.29, 0.717) is 62.6 Å². The van der Waals surface area contributed by atoms with Gasteiger partial charge in [0.05, 0.1) is 35.2 Å². The van der Waals surface area contributed by atoms with Crippen LogP contribution in [0.1, 0.15) is 49.6 Å². The van der Waals surface area contributed by atoms with E-state index in [1.807, 2.05) is 6.07 Å². The van der Waals surface area contributed by atoms with Crippen LogP contribution in [0.5, 0.6) is 0 Å². The fraction of sp³-hybridized carbons (Fsp3) is 0.345. The summed E-state index contributed by atoms with van der Waals surface area (Å²) in [7, 11) is 0. The summed E-state index contributed by atoms with van der Waals surface area (Å²) in [6.07, 6.45) is -3.44. The average Bonchev–Trinajstić information content (AvgIpc) is 3.53. The van der Waals surface area contributed by atoms with E-state index in [9.17, 15) is 22.8 Å².